The first-order valence-corrected chi connectivity index (χ1v) is 12.9. The van der Waals surface area contributed by atoms with Crippen LogP contribution in [0.5, 0.6) is 5.75 Å². The molecule has 4 N–H and O–H groups in total. The van der Waals surface area contributed by atoms with Crippen molar-refractivity contribution in [1.82, 2.24) is 14.5 Å². The summed E-state index contributed by atoms with van der Waals surface area (Å²) in [5, 5.41) is 15.5. The van der Waals surface area contributed by atoms with E-state index >= 15 is 0 Å². The molecule has 37 heavy (non-hydrogen) atoms. The highest BCUT2D eigenvalue weighted by atomic mass is 16.5. The van der Waals surface area contributed by atoms with E-state index in [1.165, 1.54) is 5.56 Å². The lowest BCUT2D eigenvalue weighted by Crippen LogP contribution is -2.40. The second-order valence-corrected chi connectivity index (χ2v) is 9.70. The minimum Gasteiger partial charge on any atom is -0.490 e. The number of ether oxygens (including phenoxy) is 1. The number of amidine groups is 2. The molecule has 3 aromatic carbocycles. The van der Waals surface area contributed by atoms with Crippen molar-refractivity contribution < 1.29 is 4.74 Å². The largest absolute Gasteiger partial charge is 0.490 e. The van der Waals surface area contributed by atoms with Gasteiger partial charge >= 0.3 is 0 Å². The van der Waals surface area contributed by atoms with Gasteiger partial charge < -0.3 is 19.9 Å². The van der Waals surface area contributed by atoms with Gasteiger partial charge in [-0.3, -0.25) is 10.8 Å². The Morgan fingerprint density at radius 2 is 1.76 bits per heavy atom. The lowest BCUT2D eigenvalue weighted by Gasteiger charge is -2.32. The molecule has 0 unspecified atom stereocenters. The number of aromatic nitrogens is 2. The number of aryl methyl sites for hydroxylation is 1. The topological polar surface area (TPSA) is 104 Å². The molecule has 0 atom stereocenters. The summed E-state index contributed by atoms with van der Waals surface area (Å²) in [4.78, 5) is 7.03. The zero-order valence-electron chi connectivity index (χ0n) is 21.5. The summed E-state index contributed by atoms with van der Waals surface area (Å²) in [6, 6.07) is 22.6. The molecule has 1 aromatic heterocycles. The number of imidazole rings is 1. The van der Waals surface area contributed by atoms with Crippen LogP contribution >= 0.6 is 0 Å². The van der Waals surface area contributed by atoms with E-state index in [4.69, 9.17) is 26.3 Å². The maximum absolute atomic E-state index is 7.82. The molecule has 5 rings (SSSR count). The van der Waals surface area contributed by atoms with Crippen LogP contribution in [0.1, 0.15) is 43.6 Å². The van der Waals surface area contributed by atoms with Gasteiger partial charge in [0, 0.05) is 50.5 Å². The minimum atomic E-state index is 0.0781. The number of nitrogen functional groups attached to an aromatic ring is 1. The van der Waals surface area contributed by atoms with Gasteiger partial charge in [0.05, 0.1) is 16.9 Å². The molecule has 0 aliphatic carbocycles. The third-order valence-electron chi connectivity index (χ3n) is 7.14. The Kier molecular flexibility index (Phi) is 6.95. The average Bonchev–Trinajstić information content (AvgIpc) is 3.26. The van der Waals surface area contributed by atoms with Crippen LogP contribution in [0.25, 0.3) is 22.2 Å². The van der Waals surface area contributed by atoms with Crippen LogP contribution in [0.3, 0.4) is 0 Å². The molecule has 0 bridgehead atoms. The Bertz CT molecular complexity index is 1430. The van der Waals surface area contributed by atoms with Crippen LogP contribution in [0, 0.1) is 10.8 Å². The van der Waals surface area contributed by atoms with Gasteiger partial charge in [-0.05, 0) is 41.8 Å². The summed E-state index contributed by atoms with van der Waals surface area (Å²) >= 11 is 0. The fourth-order valence-corrected chi connectivity index (χ4v) is 5.03. The zero-order valence-corrected chi connectivity index (χ0v) is 21.5. The second-order valence-electron chi connectivity index (χ2n) is 9.70. The van der Waals surface area contributed by atoms with Crippen molar-refractivity contribution in [3.8, 4) is 16.9 Å². The van der Waals surface area contributed by atoms with E-state index in [-0.39, 0.29) is 11.9 Å². The Labute approximate surface area is 217 Å². The fourth-order valence-electron chi connectivity index (χ4n) is 5.03. The quantitative estimate of drug-likeness (QED) is 0.235. The first-order chi connectivity index (χ1) is 17.9. The van der Waals surface area contributed by atoms with Crippen molar-refractivity contribution in [3.05, 3.63) is 83.7 Å². The molecule has 2 heterocycles. The Morgan fingerprint density at radius 1 is 1.00 bits per heavy atom. The van der Waals surface area contributed by atoms with Crippen molar-refractivity contribution >= 4 is 22.7 Å². The predicted octanol–water partition coefficient (Wildman–Crippen LogP) is 5.44. The third kappa shape index (κ3) is 5.35. The molecule has 7 nitrogen and oxygen atoms in total. The first-order valence-electron chi connectivity index (χ1n) is 12.9. The van der Waals surface area contributed by atoms with E-state index in [0.29, 0.717) is 5.84 Å². The van der Waals surface area contributed by atoms with Crippen molar-refractivity contribution in [2.45, 2.75) is 45.8 Å². The number of nitrogens with zero attached hydrogens (tertiary/aromatic N) is 3. The molecule has 1 saturated heterocycles. The van der Waals surface area contributed by atoms with Gasteiger partial charge in [-0.25, -0.2) is 4.98 Å². The van der Waals surface area contributed by atoms with E-state index in [9.17, 15) is 0 Å². The smallest absolute Gasteiger partial charge is 0.122 e. The number of fused-ring (bicyclic) bond motifs is 1. The zero-order chi connectivity index (χ0) is 25.9. The highest BCUT2D eigenvalue weighted by Crippen LogP contribution is 2.27. The molecule has 4 aromatic rings. The van der Waals surface area contributed by atoms with Gasteiger partial charge in [0.1, 0.15) is 23.5 Å². The summed E-state index contributed by atoms with van der Waals surface area (Å²) in [6.45, 7) is 6.48. The van der Waals surface area contributed by atoms with Crippen LogP contribution in [0.4, 0.5) is 0 Å². The van der Waals surface area contributed by atoms with Crippen molar-refractivity contribution in [2.75, 3.05) is 13.1 Å². The molecule has 1 aliphatic heterocycles. The second kappa shape index (κ2) is 10.5. The maximum Gasteiger partial charge on any atom is 0.122 e. The highest BCUT2D eigenvalue weighted by molar-refractivity contribution is 5.96. The average molecular weight is 495 g/mol. The summed E-state index contributed by atoms with van der Waals surface area (Å²) in [5.74, 6) is 2.63. The van der Waals surface area contributed by atoms with Crippen LogP contribution in [0.2, 0.25) is 0 Å². The Morgan fingerprint density at radius 3 is 2.43 bits per heavy atom. The molecule has 0 radical (unpaired) electrons. The van der Waals surface area contributed by atoms with Gasteiger partial charge in [-0.15, -0.1) is 0 Å². The molecule has 0 saturated carbocycles. The molecular formula is C30H34N6O. The molecule has 0 amide bonds. The number of likely N-dealkylation sites (tertiary alicyclic amines) is 1. The van der Waals surface area contributed by atoms with E-state index < -0.39 is 0 Å². The lowest BCUT2D eigenvalue weighted by molar-refractivity contribution is 0.130. The summed E-state index contributed by atoms with van der Waals surface area (Å²) < 4.78 is 8.59. The van der Waals surface area contributed by atoms with Crippen molar-refractivity contribution in [2.24, 2.45) is 5.73 Å². The van der Waals surface area contributed by atoms with Crippen molar-refractivity contribution in [3.63, 3.8) is 0 Å². The van der Waals surface area contributed by atoms with Gasteiger partial charge in [0.2, 0.25) is 0 Å². The van der Waals surface area contributed by atoms with Crippen molar-refractivity contribution in [1.29, 1.82) is 10.8 Å². The molecule has 1 aliphatic rings. The number of benzene rings is 3. The SMILES string of the molecule is CCc1nc2cc(OC3CCN(C(C)=N)CC3)ccc2n1Cc1ccc(-c2cccc(C(=N)N)c2)cc1. The lowest BCUT2D eigenvalue weighted by atomic mass is 10.0. The van der Waals surface area contributed by atoms with Gasteiger partial charge in [-0.1, -0.05) is 49.4 Å². The number of rotatable bonds is 7. The number of nitrogens with one attached hydrogen (secondary N) is 2. The van der Waals surface area contributed by atoms with Crippen LogP contribution in [0.15, 0.2) is 66.7 Å². The third-order valence-corrected chi connectivity index (χ3v) is 7.14. The molecule has 190 valence electrons. The fraction of sp³-hybridized carbons (Fsp3) is 0.300. The molecule has 1 fully saturated rings. The molecule has 0 spiro atoms. The van der Waals surface area contributed by atoms with E-state index in [0.717, 1.165) is 78.2 Å². The molecular weight excluding hydrogens is 460 g/mol. The van der Waals surface area contributed by atoms with Crippen LogP contribution in [-0.4, -0.2) is 45.3 Å². The standard InChI is InChI=1S/C30H34N6O/c1-3-29-34-27-18-26(37-25-13-15-35(16-14-25)20(2)31)11-12-28(27)36(29)19-21-7-9-22(10-8-21)23-5-4-6-24(17-23)30(32)33/h4-12,17-18,25,31H,3,13-16,19H2,1-2H3,(H3,32,33). The first kappa shape index (κ1) is 24.6. The van der Waals surface area contributed by atoms with Crippen LogP contribution in [-0.2, 0) is 13.0 Å². The van der Waals surface area contributed by atoms with Gasteiger partial charge in [-0.2, -0.15) is 0 Å². The molecule has 7 heteroatoms. The maximum atomic E-state index is 7.82. The summed E-state index contributed by atoms with van der Waals surface area (Å²) in [7, 11) is 0. The van der Waals surface area contributed by atoms with E-state index in [1.807, 2.05) is 31.2 Å². The normalized spacial score (nSPS) is 14.2. The summed E-state index contributed by atoms with van der Waals surface area (Å²) in [5.41, 5.74) is 11.8. The number of hydrogen-bond donors (Lipinski definition) is 3. The summed E-state index contributed by atoms with van der Waals surface area (Å²) in [6.07, 6.45) is 2.88. The number of nitrogens with two attached hydrogens (primary N) is 1. The Balaban J connectivity index is 1.32. The number of piperidine rings is 1. The highest BCUT2D eigenvalue weighted by Gasteiger charge is 2.21. The minimum absolute atomic E-state index is 0.0781. The Hall–Kier alpha value is -4.13. The van der Waals surface area contributed by atoms with E-state index in [2.05, 4.69) is 58.9 Å². The van der Waals surface area contributed by atoms with Gasteiger partial charge in [0.15, 0.2) is 0 Å². The van der Waals surface area contributed by atoms with E-state index in [1.54, 1.807) is 0 Å². The van der Waals surface area contributed by atoms with Crippen LogP contribution < -0.4 is 10.5 Å². The number of hydrogen-bond acceptors (Lipinski definition) is 4. The predicted molar refractivity (Wildman–Crippen MR) is 150 cm³/mol. The monoisotopic (exact) mass is 494 g/mol. The van der Waals surface area contributed by atoms with Gasteiger partial charge in [0.25, 0.3) is 0 Å².